The molecule has 3 rings (SSSR count). The maximum atomic E-state index is 10.9. The topological polar surface area (TPSA) is 58.9 Å². The Morgan fingerprint density at radius 2 is 1.71 bits per heavy atom. The van der Waals surface area contributed by atoms with Crippen LogP contribution < -0.4 is 4.74 Å². The van der Waals surface area contributed by atoms with E-state index in [1.807, 2.05) is 54.6 Å². The van der Waals surface area contributed by atoms with Gasteiger partial charge >= 0.3 is 5.97 Å². The number of rotatable bonds is 4. The van der Waals surface area contributed by atoms with Crippen molar-refractivity contribution in [2.24, 2.45) is 4.99 Å². The fraction of sp³-hybridized carbons (Fsp3) is 0.176. The van der Waals surface area contributed by atoms with Crippen molar-refractivity contribution in [2.75, 3.05) is 0 Å². The number of benzene rings is 2. The summed E-state index contributed by atoms with van der Waals surface area (Å²) in [5, 5.41) is 8.96. The van der Waals surface area contributed by atoms with Gasteiger partial charge in [0.25, 0.3) is 0 Å². The molecule has 0 radical (unpaired) electrons. The Bertz CT molecular complexity index is 662. The Kier molecular flexibility index (Phi) is 3.69. The van der Waals surface area contributed by atoms with Gasteiger partial charge in [-0.1, -0.05) is 18.2 Å². The van der Waals surface area contributed by atoms with Crippen molar-refractivity contribution in [3.05, 3.63) is 60.2 Å². The highest BCUT2D eigenvalue weighted by Crippen LogP contribution is 2.24. The van der Waals surface area contributed by atoms with Gasteiger partial charge in [-0.05, 0) is 54.8 Å². The minimum absolute atomic E-state index is 0.576. The Morgan fingerprint density at radius 3 is 2.33 bits per heavy atom. The third kappa shape index (κ3) is 3.11. The molecule has 0 fully saturated rings. The highest BCUT2D eigenvalue weighted by Gasteiger charge is 2.24. The first-order valence-corrected chi connectivity index (χ1v) is 6.85. The van der Waals surface area contributed by atoms with Gasteiger partial charge in [-0.2, -0.15) is 0 Å². The molecule has 1 aliphatic heterocycles. The van der Waals surface area contributed by atoms with Crippen LogP contribution in [0.3, 0.4) is 0 Å². The smallest absolute Gasteiger partial charge is 0.328 e. The number of aliphatic imine (C=N–C) groups is 1. The SMILES string of the molecule is O=C(O)C1CCC(c2ccc(Oc3ccccc3)cc2)=N1. The minimum Gasteiger partial charge on any atom is -0.480 e. The van der Waals surface area contributed by atoms with Crippen LogP contribution in [0, 0.1) is 0 Å². The van der Waals surface area contributed by atoms with Gasteiger partial charge in [0, 0.05) is 5.71 Å². The number of hydrogen-bond acceptors (Lipinski definition) is 3. The molecule has 4 nitrogen and oxygen atoms in total. The van der Waals surface area contributed by atoms with Crippen molar-refractivity contribution in [3.63, 3.8) is 0 Å². The molecule has 1 atom stereocenters. The van der Waals surface area contributed by atoms with Gasteiger partial charge in [0.2, 0.25) is 0 Å². The molecule has 0 aliphatic carbocycles. The van der Waals surface area contributed by atoms with Crippen LogP contribution in [0.15, 0.2) is 59.6 Å². The quantitative estimate of drug-likeness (QED) is 0.932. The van der Waals surface area contributed by atoms with Crippen LogP contribution in [0.1, 0.15) is 18.4 Å². The molecule has 0 saturated heterocycles. The first-order valence-electron chi connectivity index (χ1n) is 6.85. The average Bonchev–Trinajstić information content (AvgIpc) is 2.99. The van der Waals surface area contributed by atoms with Crippen LogP contribution in [0.4, 0.5) is 0 Å². The van der Waals surface area contributed by atoms with Gasteiger partial charge in [0.1, 0.15) is 17.5 Å². The molecule has 1 aliphatic rings. The molecule has 0 spiro atoms. The Balaban J connectivity index is 1.73. The summed E-state index contributed by atoms with van der Waals surface area (Å²) in [5.41, 5.74) is 1.81. The normalized spacial score (nSPS) is 17.3. The third-order valence-electron chi connectivity index (χ3n) is 3.42. The van der Waals surface area contributed by atoms with Gasteiger partial charge in [0.05, 0.1) is 0 Å². The Hall–Kier alpha value is -2.62. The second-order valence-corrected chi connectivity index (χ2v) is 4.91. The lowest BCUT2D eigenvalue weighted by molar-refractivity contribution is -0.138. The molecule has 1 N–H and O–H groups in total. The van der Waals surface area contributed by atoms with Gasteiger partial charge in [0.15, 0.2) is 0 Å². The number of carboxylic acids is 1. The summed E-state index contributed by atoms with van der Waals surface area (Å²) >= 11 is 0. The van der Waals surface area contributed by atoms with Crippen molar-refractivity contribution in [2.45, 2.75) is 18.9 Å². The fourth-order valence-electron chi connectivity index (χ4n) is 2.33. The van der Waals surface area contributed by atoms with E-state index in [0.29, 0.717) is 12.8 Å². The zero-order valence-corrected chi connectivity index (χ0v) is 11.4. The van der Waals surface area contributed by atoms with Crippen molar-refractivity contribution >= 4 is 11.7 Å². The molecule has 4 heteroatoms. The molecule has 2 aromatic carbocycles. The summed E-state index contributed by atoms with van der Waals surface area (Å²) in [6.07, 6.45) is 1.28. The van der Waals surface area contributed by atoms with Gasteiger partial charge in [-0.3, -0.25) is 4.99 Å². The molecule has 106 valence electrons. The van der Waals surface area contributed by atoms with E-state index in [0.717, 1.165) is 22.8 Å². The first-order chi connectivity index (χ1) is 10.2. The first kappa shape index (κ1) is 13.4. The van der Waals surface area contributed by atoms with Crippen molar-refractivity contribution in [3.8, 4) is 11.5 Å². The maximum Gasteiger partial charge on any atom is 0.328 e. The number of hydrogen-bond donors (Lipinski definition) is 1. The number of ether oxygens (including phenoxy) is 1. The van der Waals surface area contributed by atoms with Gasteiger partial charge < -0.3 is 9.84 Å². The zero-order valence-electron chi connectivity index (χ0n) is 11.4. The Labute approximate surface area is 122 Å². The number of carbonyl (C=O) groups is 1. The Morgan fingerprint density at radius 1 is 1.05 bits per heavy atom. The molecule has 2 aromatic rings. The number of carboxylic acid groups (broad SMARTS) is 1. The number of nitrogens with zero attached hydrogens (tertiary/aromatic N) is 1. The van der Waals surface area contributed by atoms with Crippen molar-refractivity contribution < 1.29 is 14.6 Å². The summed E-state index contributed by atoms with van der Waals surface area (Å²) in [7, 11) is 0. The van der Waals surface area contributed by atoms with E-state index in [1.54, 1.807) is 0 Å². The summed E-state index contributed by atoms with van der Waals surface area (Å²) in [6, 6.07) is 16.6. The van der Waals surface area contributed by atoms with Crippen LogP contribution in [-0.4, -0.2) is 22.8 Å². The molecule has 0 amide bonds. The monoisotopic (exact) mass is 281 g/mol. The molecule has 0 saturated carbocycles. The second kappa shape index (κ2) is 5.79. The van der Waals surface area contributed by atoms with Crippen LogP contribution in [0.5, 0.6) is 11.5 Å². The van der Waals surface area contributed by atoms with Gasteiger partial charge in [-0.25, -0.2) is 4.79 Å². The van der Waals surface area contributed by atoms with Crippen LogP contribution in [0.2, 0.25) is 0 Å². The van der Waals surface area contributed by atoms with Crippen LogP contribution in [0.25, 0.3) is 0 Å². The van der Waals surface area contributed by atoms with Crippen LogP contribution >= 0.6 is 0 Å². The second-order valence-electron chi connectivity index (χ2n) is 4.91. The largest absolute Gasteiger partial charge is 0.480 e. The van der Waals surface area contributed by atoms with E-state index in [-0.39, 0.29) is 0 Å². The molecular formula is C17H15NO3. The standard InChI is InChI=1S/C17H15NO3/c19-17(20)16-11-10-15(18-16)12-6-8-14(9-7-12)21-13-4-2-1-3-5-13/h1-9,16H,10-11H2,(H,19,20). The molecule has 21 heavy (non-hydrogen) atoms. The summed E-state index contributed by atoms with van der Waals surface area (Å²) in [4.78, 5) is 15.2. The minimum atomic E-state index is -0.853. The lowest BCUT2D eigenvalue weighted by Gasteiger charge is -2.06. The molecule has 1 heterocycles. The highest BCUT2D eigenvalue weighted by molar-refractivity contribution is 6.03. The lowest BCUT2D eigenvalue weighted by Crippen LogP contribution is -2.13. The summed E-state index contributed by atoms with van der Waals surface area (Å²) < 4.78 is 5.72. The summed E-state index contributed by atoms with van der Waals surface area (Å²) in [5.74, 6) is 0.682. The average molecular weight is 281 g/mol. The molecule has 0 aromatic heterocycles. The zero-order chi connectivity index (χ0) is 14.7. The predicted octanol–water partition coefficient (Wildman–Crippen LogP) is 3.52. The summed E-state index contributed by atoms with van der Waals surface area (Å²) in [6.45, 7) is 0. The fourth-order valence-corrected chi connectivity index (χ4v) is 2.33. The van der Waals surface area contributed by atoms with E-state index >= 15 is 0 Å². The highest BCUT2D eigenvalue weighted by atomic mass is 16.5. The van der Waals surface area contributed by atoms with Gasteiger partial charge in [-0.15, -0.1) is 0 Å². The van der Waals surface area contributed by atoms with E-state index in [9.17, 15) is 4.79 Å². The van der Waals surface area contributed by atoms with E-state index in [2.05, 4.69) is 4.99 Å². The number of para-hydroxylation sites is 1. The van der Waals surface area contributed by atoms with Crippen LogP contribution in [-0.2, 0) is 4.79 Å². The van der Waals surface area contributed by atoms with E-state index in [4.69, 9.17) is 9.84 Å². The maximum absolute atomic E-state index is 10.9. The third-order valence-corrected chi connectivity index (χ3v) is 3.42. The van der Waals surface area contributed by atoms with E-state index < -0.39 is 12.0 Å². The van der Waals surface area contributed by atoms with Crippen molar-refractivity contribution in [1.82, 2.24) is 0 Å². The van der Waals surface area contributed by atoms with Crippen molar-refractivity contribution in [1.29, 1.82) is 0 Å². The number of aliphatic carboxylic acids is 1. The molecular weight excluding hydrogens is 266 g/mol. The predicted molar refractivity (Wildman–Crippen MR) is 80.2 cm³/mol. The lowest BCUT2D eigenvalue weighted by atomic mass is 10.1. The molecule has 0 bridgehead atoms. The molecule has 1 unspecified atom stereocenters. The van der Waals surface area contributed by atoms with E-state index in [1.165, 1.54) is 0 Å².